The second-order valence-electron chi connectivity index (χ2n) is 6.52. The average Bonchev–Trinajstić information content (AvgIpc) is 2.59. The summed E-state index contributed by atoms with van der Waals surface area (Å²) in [4.78, 5) is 34.5. The summed E-state index contributed by atoms with van der Waals surface area (Å²) < 4.78 is 9.87. The summed E-state index contributed by atoms with van der Waals surface area (Å²) in [6.45, 7) is 8.20. The fourth-order valence-electron chi connectivity index (χ4n) is 2.48. The number of aliphatic carboxylic acids is 1. The number of aliphatic hydroxyl groups excluding tert-OH is 1. The number of rotatable bonds is 14. The van der Waals surface area contributed by atoms with Crippen LogP contribution in [0.1, 0.15) is 59.3 Å². The van der Waals surface area contributed by atoms with E-state index in [4.69, 9.17) is 14.6 Å². The van der Waals surface area contributed by atoms with Crippen molar-refractivity contribution in [1.29, 1.82) is 0 Å². The van der Waals surface area contributed by atoms with Crippen molar-refractivity contribution >= 4 is 17.9 Å². The summed E-state index contributed by atoms with van der Waals surface area (Å²) in [5.74, 6) is -2.55. The Labute approximate surface area is 155 Å². The van der Waals surface area contributed by atoms with Gasteiger partial charge >= 0.3 is 17.9 Å². The molecule has 0 aliphatic rings. The SMILES string of the molecule is C=C(C)C(=O)OCC(O)COC(=O)C(CC)CCCC(CCC)C(=O)O. The van der Waals surface area contributed by atoms with Crippen LogP contribution in [0.25, 0.3) is 0 Å². The molecule has 2 N–H and O–H groups in total. The van der Waals surface area contributed by atoms with Gasteiger partial charge in [0.1, 0.15) is 19.3 Å². The van der Waals surface area contributed by atoms with Gasteiger partial charge in [-0.2, -0.15) is 0 Å². The minimum absolute atomic E-state index is 0.225. The van der Waals surface area contributed by atoms with Gasteiger partial charge in [0, 0.05) is 5.57 Å². The van der Waals surface area contributed by atoms with Gasteiger partial charge in [-0.1, -0.05) is 33.3 Å². The number of carbonyl (C=O) groups excluding carboxylic acids is 2. The molecule has 3 atom stereocenters. The van der Waals surface area contributed by atoms with E-state index in [1.165, 1.54) is 6.92 Å². The number of carboxylic acids is 1. The largest absolute Gasteiger partial charge is 0.481 e. The number of aliphatic hydroxyl groups is 1. The van der Waals surface area contributed by atoms with Crippen LogP contribution in [0.4, 0.5) is 0 Å². The van der Waals surface area contributed by atoms with E-state index in [2.05, 4.69) is 6.58 Å². The van der Waals surface area contributed by atoms with E-state index >= 15 is 0 Å². The molecule has 0 spiro atoms. The highest BCUT2D eigenvalue weighted by molar-refractivity contribution is 5.86. The summed E-state index contributed by atoms with van der Waals surface area (Å²) in [7, 11) is 0. The van der Waals surface area contributed by atoms with Crippen LogP contribution in [0.5, 0.6) is 0 Å². The van der Waals surface area contributed by atoms with Gasteiger partial charge in [0.2, 0.25) is 0 Å². The highest BCUT2D eigenvalue weighted by Gasteiger charge is 2.22. The molecule has 0 saturated heterocycles. The number of carbonyl (C=O) groups is 3. The first-order chi connectivity index (χ1) is 12.2. The predicted molar refractivity (Wildman–Crippen MR) is 96.4 cm³/mol. The smallest absolute Gasteiger partial charge is 0.333 e. The Morgan fingerprint density at radius 3 is 2.08 bits per heavy atom. The lowest BCUT2D eigenvalue weighted by Gasteiger charge is -2.17. The average molecular weight is 372 g/mol. The molecule has 0 aromatic heterocycles. The first-order valence-corrected chi connectivity index (χ1v) is 9.12. The van der Waals surface area contributed by atoms with Gasteiger partial charge in [0.15, 0.2) is 0 Å². The molecule has 7 nitrogen and oxygen atoms in total. The summed E-state index contributed by atoms with van der Waals surface area (Å²) in [5, 5.41) is 18.8. The van der Waals surface area contributed by atoms with Crippen LogP contribution in [0.15, 0.2) is 12.2 Å². The normalized spacial score (nSPS) is 14.2. The molecule has 0 rings (SSSR count). The molecule has 0 amide bonds. The number of esters is 2. The third-order valence-corrected chi connectivity index (χ3v) is 4.09. The van der Waals surface area contributed by atoms with Crippen LogP contribution in [-0.4, -0.2) is 47.4 Å². The highest BCUT2D eigenvalue weighted by Crippen LogP contribution is 2.20. The van der Waals surface area contributed by atoms with E-state index in [1.807, 2.05) is 13.8 Å². The minimum atomic E-state index is -1.10. The Balaban J connectivity index is 4.21. The summed E-state index contributed by atoms with van der Waals surface area (Å²) in [6, 6.07) is 0. The zero-order valence-corrected chi connectivity index (χ0v) is 16.0. The lowest BCUT2D eigenvalue weighted by molar-refractivity contribution is -0.154. The number of hydrogen-bond donors (Lipinski definition) is 2. The van der Waals surface area contributed by atoms with E-state index in [-0.39, 0.29) is 30.6 Å². The lowest BCUT2D eigenvalue weighted by Crippen LogP contribution is -2.28. The topological polar surface area (TPSA) is 110 Å². The Morgan fingerprint density at radius 1 is 1.00 bits per heavy atom. The molecule has 0 bridgehead atoms. The molecule has 26 heavy (non-hydrogen) atoms. The molecule has 0 heterocycles. The lowest BCUT2D eigenvalue weighted by atomic mass is 9.93. The molecule has 0 saturated carbocycles. The van der Waals surface area contributed by atoms with Crippen molar-refractivity contribution in [3.8, 4) is 0 Å². The van der Waals surface area contributed by atoms with Crippen molar-refractivity contribution in [2.75, 3.05) is 13.2 Å². The van der Waals surface area contributed by atoms with Crippen molar-refractivity contribution in [1.82, 2.24) is 0 Å². The highest BCUT2D eigenvalue weighted by atomic mass is 16.6. The van der Waals surface area contributed by atoms with Gasteiger partial charge in [-0.15, -0.1) is 0 Å². The summed E-state index contributed by atoms with van der Waals surface area (Å²) in [5.41, 5.74) is 0.225. The predicted octanol–water partition coefficient (Wildman–Crippen LogP) is 2.71. The molecule has 0 fully saturated rings. The van der Waals surface area contributed by atoms with E-state index < -0.39 is 24.0 Å². The first-order valence-electron chi connectivity index (χ1n) is 9.12. The fraction of sp³-hybridized carbons (Fsp3) is 0.737. The monoisotopic (exact) mass is 372 g/mol. The number of ether oxygens (including phenoxy) is 2. The van der Waals surface area contributed by atoms with Gasteiger partial charge in [0.05, 0.1) is 11.8 Å². The van der Waals surface area contributed by atoms with Crippen molar-refractivity contribution in [2.45, 2.75) is 65.4 Å². The number of carboxylic acid groups (broad SMARTS) is 1. The van der Waals surface area contributed by atoms with Crippen molar-refractivity contribution in [3.63, 3.8) is 0 Å². The zero-order chi connectivity index (χ0) is 20.1. The first kappa shape index (κ1) is 24.1. The third-order valence-electron chi connectivity index (χ3n) is 4.09. The molecule has 0 radical (unpaired) electrons. The fourth-order valence-corrected chi connectivity index (χ4v) is 2.48. The van der Waals surface area contributed by atoms with Crippen molar-refractivity contribution < 1.29 is 34.1 Å². The Morgan fingerprint density at radius 2 is 1.58 bits per heavy atom. The second-order valence-corrected chi connectivity index (χ2v) is 6.52. The molecular formula is C19H32O7. The van der Waals surface area contributed by atoms with Gasteiger partial charge in [-0.3, -0.25) is 9.59 Å². The van der Waals surface area contributed by atoms with Gasteiger partial charge in [0.25, 0.3) is 0 Å². The van der Waals surface area contributed by atoms with E-state index in [0.717, 1.165) is 6.42 Å². The van der Waals surface area contributed by atoms with Gasteiger partial charge in [-0.05, 0) is 32.6 Å². The minimum Gasteiger partial charge on any atom is -0.481 e. The summed E-state index contributed by atoms with van der Waals surface area (Å²) >= 11 is 0. The standard InChI is InChI=1S/C19H32O7/c1-5-8-15(17(21)22)10-7-9-14(6-2)19(24)26-12-16(20)11-25-18(23)13(3)4/h14-16,20H,3,5-12H2,1-2,4H3,(H,21,22). The molecule has 3 unspecified atom stereocenters. The molecule has 7 heteroatoms. The van der Waals surface area contributed by atoms with E-state index in [9.17, 15) is 19.5 Å². The summed E-state index contributed by atoms with van der Waals surface area (Å²) in [6.07, 6.45) is 2.63. The maximum absolute atomic E-state index is 12.1. The Bertz CT molecular complexity index is 473. The second kappa shape index (κ2) is 13.3. The van der Waals surface area contributed by atoms with Crippen LogP contribution in [0, 0.1) is 11.8 Å². The molecule has 0 aromatic rings. The van der Waals surface area contributed by atoms with E-state index in [0.29, 0.717) is 32.1 Å². The van der Waals surface area contributed by atoms with Crippen LogP contribution in [0.2, 0.25) is 0 Å². The maximum atomic E-state index is 12.1. The van der Waals surface area contributed by atoms with Crippen LogP contribution in [0.3, 0.4) is 0 Å². The zero-order valence-electron chi connectivity index (χ0n) is 16.0. The Hall–Kier alpha value is -1.89. The van der Waals surface area contributed by atoms with Crippen LogP contribution < -0.4 is 0 Å². The van der Waals surface area contributed by atoms with Crippen molar-refractivity contribution in [3.05, 3.63) is 12.2 Å². The molecule has 0 aliphatic heterocycles. The molecular weight excluding hydrogens is 340 g/mol. The van der Waals surface area contributed by atoms with Crippen LogP contribution >= 0.6 is 0 Å². The van der Waals surface area contributed by atoms with Gasteiger partial charge < -0.3 is 19.7 Å². The van der Waals surface area contributed by atoms with Crippen LogP contribution in [-0.2, 0) is 23.9 Å². The molecule has 150 valence electrons. The van der Waals surface area contributed by atoms with E-state index in [1.54, 1.807) is 0 Å². The maximum Gasteiger partial charge on any atom is 0.333 e. The third kappa shape index (κ3) is 10.2. The molecule has 0 aliphatic carbocycles. The quantitative estimate of drug-likeness (QED) is 0.356. The number of hydrogen-bond acceptors (Lipinski definition) is 6. The van der Waals surface area contributed by atoms with Crippen molar-refractivity contribution in [2.24, 2.45) is 11.8 Å². The Kier molecular flexibility index (Phi) is 12.4. The van der Waals surface area contributed by atoms with Gasteiger partial charge in [-0.25, -0.2) is 4.79 Å². The molecule has 0 aromatic carbocycles.